The molecule has 5 heteroatoms. The van der Waals surface area contributed by atoms with Gasteiger partial charge in [-0.15, -0.1) is 0 Å². The average molecular weight is 378 g/mol. The van der Waals surface area contributed by atoms with E-state index < -0.39 is 5.60 Å². The molecule has 1 aromatic rings. The normalized spacial score (nSPS) is 24.3. The van der Waals surface area contributed by atoms with Crippen LogP contribution in [-0.4, -0.2) is 41.9 Å². The fourth-order valence-corrected chi connectivity index (χ4v) is 4.14. The highest BCUT2D eigenvalue weighted by Gasteiger charge is 2.41. The van der Waals surface area contributed by atoms with Crippen molar-refractivity contribution in [2.75, 3.05) is 7.05 Å². The number of carbonyl (C=O) groups is 2. The summed E-state index contributed by atoms with van der Waals surface area (Å²) in [6.07, 6.45) is 2.35. The molecule has 4 nitrogen and oxygen atoms in total. The standard InChI is InChI=1S/C22H32FNO3/c1-14(2)20(21(26)27-22(3,4)5)24(6)18-11-16(13-25)19(12-18)15-8-7-9-17(23)10-15/h7-10,13-14,16,18-20H,11-12H2,1-6H3/t16?,18?,19?,20-/m1/s1. The van der Waals surface area contributed by atoms with Crippen LogP contribution in [0.5, 0.6) is 0 Å². The zero-order chi connectivity index (χ0) is 20.4. The maximum absolute atomic E-state index is 13.6. The van der Waals surface area contributed by atoms with Crippen LogP contribution in [0, 0.1) is 17.7 Å². The highest BCUT2D eigenvalue weighted by molar-refractivity contribution is 5.76. The smallest absolute Gasteiger partial charge is 0.324 e. The molecule has 27 heavy (non-hydrogen) atoms. The molecule has 0 N–H and O–H groups in total. The summed E-state index contributed by atoms with van der Waals surface area (Å²) in [4.78, 5) is 26.5. The predicted octanol–water partition coefficient (Wildman–Crippen LogP) is 4.18. The van der Waals surface area contributed by atoms with Crippen molar-refractivity contribution in [3.8, 4) is 0 Å². The molecule has 0 amide bonds. The van der Waals surface area contributed by atoms with Crippen LogP contribution in [0.3, 0.4) is 0 Å². The minimum Gasteiger partial charge on any atom is -0.459 e. The molecule has 150 valence electrons. The molecule has 1 aliphatic carbocycles. The topological polar surface area (TPSA) is 46.6 Å². The number of hydrogen-bond acceptors (Lipinski definition) is 4. The lowest BCUT2D eigenvalue weighted by molar-refractivity contribution is -0.163. The van der Waals surface area contributed by atoms with Crippen molar-refractivity contribution in [1.29, 1.82) is 0 Å². The van der Waals surface area contributed by atoms with E-state index in [1.807, 2.05) is 47.7 Å². The van der Waals surface area contributed by atoms with Gasteiger partial charge in [0.25, 0.3) is 0 Å². The van der Waals surface area contributed by atoms with E-state index in [1.165, 1.54) is 12.1 Å². The van der Waals surface area contributed by atoms with Crippen LogP contribution in [0.1, 0.15) is 58.9 Å². The lowest BCUT2D eigenvalue weighted by Crippen LogP contribution is -2.49. The van der Waals surface area contributed by atoms with E-state index in [9.17, 15) is 14.0 Å². The van der Waals surface area contributed by atoms with Gasteiger partial charge in [-0.05, 0) is 70.2 Å². The Bertz CT molecular complexity index is 668. The summed E-state index contributed by atoms with van der Waals surface area (Å²) in [6.45, 7) is 9.59. The Hall–Kier alpha value is -1.75. The first kappa shape index (κ1) is 21.5. The van der Waals surface area contributed by atoms with Gasteiger partial charge in [-0.3, -0.25) is 9.69 Å². The molecule has 4 atom stereocenters. The van der Waals surface area contributed by atoms with Crippen molar-refractivity contribution in [2.24, 2.45) is 11.8 Å². The molecule has 1 fully saturated rings. The number of rotatable bonds is 6. The molecule has 1 aliphatic rings. The van der Waals surface area contributed by atoms with E-state index in [2.05, 4.69) is 4.90 Å². The van der Waals surface area contributed by atoms with Gasteiger partial charge in [0.05, 0.1) is 0 Å². The number of nitrogens with zero attached hydrogens (tertiary/aromatic N) is 1. The number of ether oxygens (including phenoxy) is 1. The van der Waals surface area contributed by atoms with Crippen LogP contribution in [0.15, 0.2) is 24.3 Å². The van der Waals surface area contributed by atoms with Crippen LogP contribution >= 0.6 is 0 Å². The van der Waals surface area contributed by atoms with Crippen molar-refractivity contribution in [3.05, 3.63) is 35.6 Å². The number of benzene rings is 1. The van der Waals surface area contributed by atoms with Crippen molar-refractivity contribution >= 4 is 12.3 Å². The van der Waals surface area contributed by atoms with Gasteiger partial charge in [0.1, 0.15) is 23.7 Å². The van der Waals surface area contributed by atoms with Crippen LogP contribution in [0.2, 0.25) is 0 Å². The fourth-order valence-electron chi connectivity index (χ4n) is 4.14. The first-order valence-electron chi connectivity index (χ1n) is 9.69. The Labute approximate surface area is 162 Å². The number of likely N-dealkylation sites (N-methyl/N-ethyl adjacent to an activating group) is 1. The van der Waals surface area contributed by atoms with Crippen LogP contribution in [0.4, 0.5) is 4.39 Å². The summed E-state index contributed by atoms with van der Waals surface area (Å²) in [5.74, 6) is -0.657. The zero-order valence-corrected chi connectivity index (χ0v) is 17.2. The summed E-state index contributed by atoms with van der Waals surface area (Å²) in [6, 6.07) is 6.16. The largest absolute Gasteiger partial charge is 0.459 e. The highest BCUT2D eigenvalue weighted by atomic mass is 19.1. The molecular weight excluding hydrogens is 345 g/mol. The van der Waals surface area contributed by atoms with E-state index in [0.29, 0.717) is 6.42 Å². The predicted molar refractivity (Wildman–Crippen MR) is 104 cm³/mol. The third-order valence-electron chi connectivity index (χ3n) is 5.33. The summed E-state index contributed by atoms with van der Waals surface area (Å²) < 4.78 is 19.3. The van der Waals surface area contributed by atoms with Gasteiger partial charge in [-0.25, -0.2) is 4.39 Å². The number of hydrogen-bond donors (Lipinski definition) is 0. The molecular formula is C22H32FNO3. The number of halogens is 1. The molecule has 1 aromatic carbocycles. The van der Waals surface area contributed by atoms with E-state index in [4.69, 9.17) is 4.74 Å². The SMILES string of the molecule is CC(C)[C@H](C(=O)OC(C)(C)C)N(C)C1CC(C=O)C(c2cccc(F)c2)C1. The van der Waals surface area contributed by atoms with Gasteiger partial charge in [0.15, 0.2) is 0 Å². The lowest BCUT2D eigenvalue weighted by atomic mass is 9.90. The van der Waals surface area contributed by atoms with Gasteiger partial charge in [0.2, 0.25) is 0 Å². The molecule has 0 radical (unpaired) electrons. The average Bonchev–Trinajstić information content (AvgIpc) is 2.97. The molecule has 3 unspecified atom stereocenters. The Morgan fingerprint density at radius 2 is 1.96 bits per heavy atom. The second kappa shape index (κ2) is 8.51. The summed E-state index contributed by atoms with van der Waals surface area (Å²) in [5, 5.41) is 0. The van der Waals surface area contributed by atoms with Crippen molar-refractivity contribution in [2.45, 2.75) is 71.1 Å². The second-order valence-electron chi connectivity index (χ2n) is 8.97. The summed E-state index contributed by atoms with van der Waals surface area (Å²) in [7, 11) is 1.93. The summed E-state index contributed by atoms with van der Waals surface area (Å²) >= 11 is 0. The van der Waals surface area contributed by atoms with Gasteiger partial charge >= 0.3 is 5.97 Å². The Morgan fingerprint density at radius 3 is 2.48 bits per heavy atom. The molecule has 0 aliphatic heterocycles. The minimum absolute atomic E-state index is 0.0305. The molecule has 2 rings (SSSR count). The van der Waals surface area contributed by atoms with Gasteiger partial charge in [-0.2, -0.15) is 0 Å². The molecule has 0 saturated heterocycles. The van der Waals surface area contributed by atoms with E-state index in [-0.39, 0.29) is 41.6 Å². The monoisotopic (exact) mass is 377 g/mol. The first-order valence-corrected chi connectivity index (χ1v) is 9.69. The number of aldehydes is 1. The first-order chi connectivity index (χ1) is 12.5. The molecule has 1 saturated carbocycles. The van der Waals surface area contributed by atoms with E-state index in [0.717, 1.165) is 18.3 Å². The van der Waals surface area contributed by atoms with E-state index in [1.54, 1.807) is 6.07 Å². The highest BCUT2D eigenvalue weighted by Crippen LogP contribution is 2.41. The number of carbonyl (C=O) groups excluding carboxylic acids is 2. The second-order valence-corrected chi connectivity index (χ2v) is 8.97. The molecule has 0 heterocycles. The Balaban J connectivity index is 2.20. The van der Waals surface area contributed by atoms with Gasteiger partial charge < -0.3 is 9.53 Å². The summed E-state index contributed by atoms with van der Waals surface area (Å²) in [5.41, 5.74) is 0.303. The lowest BCUT2D eigenvalue weighted by Gasteiger charge is -2.35. The van der Waals surface area contributed by atoms with Gasteiger partial charge in [0, 0.05) is 12.0 Å². The van der Waals surface area contributed by atoms with Crippen LogP contribution in [-0.2, 0) is 14.3 Å². The zero-order valence-electron chi connectivity index (χ0n) is 17.2. The fraction of sp³-hybridized carbons (Fsp3) is 0.636. The van der Waals surface area contributed by atoms with Crippen molar-refractivity contribution < 1.29 is 18.7 Å². The molecule has 0 aromatic heterocycles. The maximum atomic E-state index is 13.6. The quantitative estimate of drug-likeness (QED) is 0.551. The number of esters is 1. The Morgan fingerprint density at radius 1 is 1.30 bits per heavy atom. The maximum Gasteiger partial charge on any atom is 0.324 e. The minimum atomic E-state index is -0.545. The van der Waals surface area contributed by atoms with Gasteiger partial charge in [-0.1, -0.05) is 26.0 Å². The van der Waals surface area contributed by atoms with Crippen molar-refractivity contribution in [3.63, 3.8) is 0 Å². The Kier molecular flexibility index (Phi) is 6.79. The molecule has 0 bridgehead atoms. The molecule has 0 spiro atoms. The van der Waals surface area contributed by atoms with Crippen molar-refractivity contribution in [1.82, 2.24) is 4.90 Å². The third kappa shape index (κ3) is 5.38. The third-order valence-corrected chi connectivity index (χ3v) is 5.33. The van der Waals surface area contributed by atoms with Crippen LogP contribution in [0.25, 0.3) is 0 Å². The van der Waals surface area contributed by atoms with E-state index >= 15 is 0 Å². The van der Waals surface area contributed by atoms with Crippen LogP contribution < -0.4 is 0 Å².